The fourth-order valence-corrected chi connectivity index (χ4v) is 1.31. The van der Waals surface area contributed by atoms with Gasteiger partial charge in [-0.1, -0.05) is 12.1 Å². The van der Waals surface area contributed by atoms with E-state index in [2.05, 4.69) is 31.7 Å². The summed E-state index contributed by atoms with van der Waals surface area (Å²) >= 11 is 4.21. The molecule has 2 aliphatic rings. The van der Waals surface area contributed by atoms with E-state index in [0.29, 0.717) is 0 Å². The number of thiol groups is 1. The van der Waals surface area contributed by atoms with Crippen LogP contribution < -0.4 is 0 Å². The normalized spacial score (nSPS) is 11.8. The number of aryl methyl sites for hydroxylation is 1. The molecule has 0 spiro atoms. The van der Waals surface area contributed by atoms with Gasteiger partial charge in [0.05, 0.1) is 0 Å². The van der Waals surface area contributed by atoms with E-state index >= 15 is 0 Å². The predicted molar refractivity (Wildman–Crippen MR) is 37.4 cm³/mol. The van der Waals surface area contributed by atoms with E-state index in [4.69, 9.17) is 0 Å². The van der Waals surface area contributed by atoms with Crippen LogP contribution in [0.2, 0.25) is 0 Å². The Morgan fingerprint density at radius 3 is 2.12 bits per heavy atom. The minimum absolute atomic E-state index is 1.19. The zero-order valence-electron chi connectivity index (χ0n) is 4.60. The summed E-state index contributed by atoms with van der Waals surface area (Å²) in [6.45, 7) is 2.10. The van der Waals surface area contributed by atoms with Gasteiger partial charge in [0.1, 0.15) is 0 Å². The third kappa shape index (κ3) is 0.377. The van der Waals surface area contributed by atoms with Gasteiger partial charge < -0.3 is 0 Å². The van der Waals surface area contributed by atoms with Crippen LogP contribution in [0.5, 0.6) is 0 Å². The lowest BCUT2D eigenvalue weighted by Crippen LogP contribution is -1.52. The molecule has 8 heavy (non-hydrogen) atoms. The molecule has 0 N–H and O–H groups in total. The van der Waals surface area contributed by atoms with Gasteiger partial charge in [-0.2, -0.15) is 0 Å². The Morgan fingerprint density at radius 1 is 1.25 bits per heavy atom. The van der Waals surface area contributed by atoms with Crippen molar-refractivity contribution in [1.29, 1.82) is 0 Å². The Kier molecular flexibility index (Phi) is 0.616. The molecular formula is C7H6S. The van der Waals surface area contributed by atoms with Crippen LogP contribution in [-0.2, 0) is 0 Å². The van der Waals surface area contributed by atoms with Gasteiger partial charge in [0, 0.05) is 4.90 Å². The van der Waals surface area contributed by atoms with E-state index in [0.717, 1.165) is 0 Å². The van der Waals surface area contributed by atoms with Crippen LogP contribution in [0, 0.1) is 6.92 Å². The van der Waals surface area contributed by atoms with Crippen molar-refractivity contribution in [3.8, 4) is 11.1 Å². The fraction of sp³-hybridized carbons (Fsp3) is 0.143. The van der Waals surface area contributed by atoms with Gasteiger partial charge in [-0.25, -0.2) is 0 Å². The first kappa shape index (κ1) is 4.45. The fourth-order valence-electron chi connectivity index (χ4n) is 0.996. The van der Waals surface area contributed by atoms with Gasteiger partial charge in [-0.3, -0.25) is 0 Å². The van der Waals surface area contributed by atoms with E-state index in [1.807, 2.05) is 0 Å². The highest BCUT2D eigenvalue weighted by molar-refractivity contribution is 7.81. The summed E-state index contributed by atoms with van der Waals surface area (Å²) in [6, 6.07) is 4.33. The van der Waals surface area contributed by atoms with Crippen LogP contribution >= 0.6 is 12.6 Å². The Morgan fingerprint density at radius 2 is 1.75 bits per heavy atom. The molecule has 0 heterocycles. The lowest BCUT2D eigenvalue weighted by Gasteiger charge is -1.72. The summed E-state index contributed by atoms with van der Waals surface area (Å²) in [4.78, 5) is 1.19. The third-order valence-electron chi connectivity index (χ3n) is 1.48. The highest BCUT2D eigenvalue weighted by atomic mass is 32.1. The maximum absolute atomic E-state index is 4.21. The van der Waals surface area contributed by atoms with Crippen LogP contribution in [0.15, 0.2) is 17.0 Å². The zero-order chi connectivity index (χ0) is 5.72. The van der Waals surface area contributed by atoms with E-state index in [-0.39, 0.29) is 0 Å². The SMILES string of the molecule is Cc1cc2c(S)c-2c1. The van der Waals surface area contributed by atoms with Gasteiger partial charge in [-0.05, 0) is 23.6 Å². The molecule has 40 valence electrons. The molecule has 0 aromatic heterocycles. The largest absolute Gasteiger partial charge is 0.142 e. The number of hydrogen-bond donors (Lipinski definition) is 1. The van der Waals surface area contributed by atoms with Gasteiger partial charge >= 0.3 is 0 Å². The number of rotatable bonds is 0. The number of fused-ring (bicyclic) bond motifs is 1. The highest BCUT2D eigenvalue weighted by Crippen LogP contribution is 2.46. The molecule has 0 aliphatic heterocycles. The summed E-state index contributed by atoms with van der Waals surface area (Å²) in [5, 5.41) is 0. The van der Waals surface area contributed by atoms with Crippen molar-refractivity contribution in [1.82, 2.24) is 0 Å². The standard InChI is InChI=1S/C7H6S/c1-4-2-5-6(3-4)7(5)8/h2-3,8H,1H3. The molecule has 0 unspecified atom stereocenters. The van der Waals surface area contributed by atoms with Crippen molar-refractivity contribution >= 4 is 12.6 Å². The molecule has 0 nitrogen and oxygen atoms in total. The first-order valence-electron chi connectivity index (χ1n) is 2.63. The van der Waals surface area contributed by atoms with E-state index in [1.165, 1.54) is 21.6 Å². The summed E-state index contributed by atoms with van der Waals surface area (Å²) in [7, 11) is 0. The molecule has 2 rings (SSSR count). The van der Waals surface area contributed by atoms with Crippen molar-refractivity contribution < 1.29 is 0 Å². The van der Waals surface area contributed by atoms with Crippen LogP contribution in [-0.4, -0.2) is 0 Å². The molecule has 0 aromatic carbocycles. The number of benzene rings is 1. The Labute approximate surface area is 53.9 Å². The van der Waals surface area contributed by atoms with Crippen LogP contribution in [0.1, 0.15) is 5.56 Å². The molecule has 0 amide bonds. The quantitative estimate of drug-likeness (QED) is 0.509. The first-order valence-corrected chi connectivity index (χ1v) is 3.08. The number of hydrogen-bond acceptors (Lipinski definition) is 1. The summed E-state index contributed by atoms with van der Waals surface area (Å²) in [6.07, 6.45) is 0. The minimum atomic E-state index is 1.19. The molecule has 0 atom stereocenters. The lowest BCUT2D eigenvalue weighted by molar-refractivity contribution is 1.54. The molecular weight excluding hydrogens is 116 g/mol. The van der Waals surface area contributed by atoms with Gasteiger partial charge in [0.25, 0.3) is 0 Å². The average molecular weight is 122 g/mol. The second-order valence-electron chi connectivity index (χ2n) is 2.21. The monoisotopic (exact) mass is 122 g/mol. The Bertz CT molecular complexity index is 228. The first-order chi connectivity index (χ1) is 3.79. The van der Waals surface area contributed by atoms with E-state index < -0.39 is 0 Å². The van der Waals surface area contributed by atoms with E-state index in [1.54, 1.807) is 0 Å². The maximum Gasteiger partial charge on any atom is 0.0198 e. The van der Waals surface area contributed by atoms with Crippen molar-refractivity contribution in [2.24, 2.45) is 0 Å². The smallest absolute Gasteiger partial charge is 0.0198 e. The average Bonchev–Trinajstić information content (AvgIpc) is 2.29. The van der Waals surface area contributed by atoms with Crippen LogP contribution in [0.25, 0.3) is 11.1 Å². The van der Waals surface area contributed by atoms with Crippen LogP contribution in [0.4, 0.5) is 0 Å². The molecule has 1 heteroatoms. The second kappa shape index (κ2) is 1.11. The topological polar surface area (TPSA) is 0 Å². The molecule has 0 radical (unpaired) electrons. The maximum atomic E-state index is 4.21. The summed E-state index contributed by atoms with van der Waals surface area (Å²) in [5.74, 6) is 0. The Balaban J connectivity index is 2.66. The molecule has 0 saturated heterocycles. The molecule has 0 saturated carbocycles. The lowest BCUT2D eigenvalue weighted by atomic mass is 10.4. The summed E-state index contributed by atoms with van der Waals surface area (Å²) < 4.78 is 0. The van der Waals surface area contributed by atoms with Gasteiger partial charge in [-0.15, -0.1) is 12.6 Å². The van der Waals surface area contributed by atoms with Gasteiger partial charge in [0.2, 0.25) is 0 Å². The predicted octanol–water partition coefficient (Wildman–Crippen LogP) is 2.26. The molecule has 2 aliphatic carbocycles. The second-order valence-corrected chi connectivity index (χ2v) is 2.66. The van der Waals surface area contributed by atoms with Crippen molar-refractivity contribution in [2.45, 2.75) is 11.8 Å². The van der Waals surface area contributed by atoms with Gasteiger partial charge in [0.15, 0.2) is 0 Å². The molecule has 0 aromatic rings. The molecule has 0 fully saturated rings. The van der Waals surface area contributed by atoms with E-state index in [9.17, 15) is 0 Å². The van der Waals surface area contributed by atoms with Crippen molar-refractivity contribution in [3.05, 3.63) is 17.7 Å². The highest BCUT2D eigenvalue weighted by Gasteiger charge is 2.20. The molecule has 0 bridgehead atoms. The Hall–Kier alpha value is -0.430. The van der Waals surface area contributed by atoms with Crippen molar-refractivity contribution in [2.75, 3.05) is 0 Å². The summed E-state index contributed by atoms with van der Waals surface area (Å²) in [5.41, 5.74) is 4.06. The van der Waals surface area contributed by atoms with Crippen molar-refractivity contribution in [3.63, 3.8) is 0 Å². The zero-order valence-corrected chi connectivity index (χ0v) is 5.50. The van der Waals surface area contributed by atoms with Crippen LogP contribution in [0.3, 0.4) is 0 Å². The third-order valence-corrected chi connectivity index (χ3v) is 1.96. The minimum Gasteiger partial charge on any atom is -0.142 e.